The second kappa shape index (κ2) is 8.09. The second-order valence-electron chi connectivity index (χ2n) is 4.93. The Bertz CT molecular complexity index is 313. The van der Waals surface area contributed by atoms with Crippen LogP contribution >= 0.6 is 0 Å². The first kappa shape index (κ1) is 15.9. The van der Waals surface area contributed by atoms with Gasteiger partial charge in [0.15, 0.2) is 0 Å². The molecule has 1 aliphatic heterocycles. The van der Waals surface area contributed by atoms with E-state index in [1.807, 2.05) is 6.92 Å². The van der Waals surface area contributed by atoms with Crippen LogP contribution in [0.5, 0.6) is 0 Å². The standard InChI is InChI=1S/C12H26N2O3S/c1-3-6-13-7-10-18(15,16)14-11(2)12-4-8-17-9-5-12/h11-14H,3-10H2,1-2H3. The Hall–Kier alpha value is -0.170. The van der Waals surface area contributed by atoms with E-state index in [1.165, 1.54) is 0 Å². The van der Waals surface area contributed by atoms with Gasteiger partial charge in [-0.1, -0.05) is 6.92 Å². The molecule has 1 aliphatic rings. The molecule has 0 amide bonds. The Kier molecular flexibility index (Phi) is 7.14. The molecule has 1 fully saturated rings. The molecule has 0 bridgehead atoms. The van der Waals surface area contributed by atoms with E-state index in [0.29, 0.717) is 12.5 Å². The molecular formula is C12H26N2O3S. The van der Waals surface area contributed by atoms with Gasteiger partial charge < -0.3 is 10.1 Å². The highest BCUT2D eigenvalue weighted by Crippen LogP contribution is 2.18. The number of hydrogen-bond donors (Lipinski definition) is 2. The lowest BCUT2D eigenvalue weighted by atomic mass is 9.94. The first-order valence-electron chi connectivity index (χ1n) is 6.83. The van der Waals surface area contributed by atoms with Gasteiger partial charge in [0.05, 0.1) is 5.75 Å². The SMILES string of the molecule is CCCNCCS(=O)(=O)NC(C)C1CCOCC1. The Morgan fingerprint density at radius 1 is 1.28 bits per heavy atom. The van der Waals surface area contributed by atoms with Gasteiger partial charge in [0, 0.05) is 25.8 Å². The third kappa shape index (κ3) is 6.13. The van der Waals surface area contributed by atoms with Gasteiger partial charge in [0.25, 0.3) is 0 Å². The van der Waals surface area contributed by atoms with Crippen LogP contribution in [0.2, 0.25) is 0 Å². The Morgan fingerprint density at radius 2 is 1.94 bits per heavy atom. The second-order valence-corrected chi connectivity index (χ2v) is 6.80. The molecule has 0 aromatic rings. The minimum Gasteiger partial charge on any atom is -0.381 e. The Labute approximate surface area is 111 Å². The van der Waals surface area contributed by atoms with Crippen LogP contribution in [0, 0.1) is 5.92 Å². The first-order chi connectivity index (χ1) is 8.55. The lowest BCUT2D eigenvalue weighted by molar-refractivity contribution is 0.0586. The maximum absolute atomic E-state index is 11.9. The van der Waals surface area contributed by atoms with E-state index < -0.39 is 10.0 Å². The molecule has 1 atom stereocenters. The van der Waals surface area contributed by atoms with Crippen LogP contribution in [0.15, 0.2) is 0 Å². The molecule has 1 rings (SSSR count). The predicted molar refractivity (Wildman–Crippen MR) is 73.1 cm³/mol. The van der Waals surface area contributed by atoms with Crippen molar-refractivity contribution >= 4 is 10.0 Å². The average Bonchev–Trinajstić information content (AvgIpc) is 2.35. The summed E-state index contributed by atoms with van der Waals surface area (Å²) in [4.78, 5) is 0. The Morgan fingerprint density at radius 3 is 2.56 bits per heavy atom. The first-order valence-corrected chi connectivity index (χ1v) is 8.49. The number of nitrogens with one attached hydrogen (secondary N) is 2. The average molecular weight is 278 g/mol. The van der Waals surface area contributed by atoms with E-state index in [-0.39, 0.29) is 11.8 Å². The topological polar surface area (TPSA) is 67.4 Å². The van der Waals surface area contributed by atoms with Gasteiger partial charge in [0.1, 0.15) is 0 Å². The molecule has 0 spiro atoms. The van der Waals surface area contributed by atoms with Gasteiger partial charge in [-0.25, -0.2) is 13.1 Å². The summed E-state index contributed by atoms with van der Waals surface area (Å²) >= 11 is 0. The van der Waals surface area contributed by atoms with E-state index in [9.17, 15) is 8.42 Å². The van der Waals surface area contributed by atoms with Crippen LogP contribution in [-0.2, 0) is 14.8 Å². The molecule has 108 valence electrons. The molecule has 1 saturated heterocycles. The van der Waals surface area contributed by atoms with Crippen molar-refractivity contribution in [3.63, 3.8) is 0 Å². The summed E-state index contributed by atoms with van der Waals surface area (Å²) in [6.07, 6.45) is 2.90. The van der Waals surface area contributed by atoms with Gasteiger partial charge in [-0.15, -0.1) is 0 Å². The van der Waals surface area contributed by atoms with Crippen LogP contribution in [0.25, 0.3) is 0 Å². The lowest BCUT2D eigenvalue weighted by Gasteiger charge is -2.28. The van der Waals surface area contributed by atoms with Crippen molar-refractivity contribution in [1.82, 2.24) is 10.0 Å². The molecule has 0 aromatic carbocycles. The summed E-state index contributed by atoms with van der Waals surface area (Å²) in [5.41, 5.74) is 0. The summed E-state index contributed by atoms with van der Waals surface area (Å²) in [6.45, 7) is 6.89. The van der Waals surface area contributed by atoms with Gasteiger partial charge in [0.2, 0.25) is 10.0 Å². The molecule has 1 heterocycles. The number of rotatable bonds is 8. The molecule has 2 N–H and O–H groups in total. The summed E-state index contributed by atoms with van der Waals surface area (Å²) in [5.74, 6) is 0.553. The van der Waals surface area contributed by atoms with Crippen molar-refractivity contribution in [1.29, 1.82) is 0 Å². The third-order valence-corrected chi connectivity index (χ3v) is 4.79. The smallest absolute Gasteiger partial charge is 0.213 e. The Balaban J connectivity index is 2.29. The molecule has 6 heteroatoms. The fraction of sp³-hybridized carbons (Fsp3) is 1.00. The van der Waals surface area contributed by atoms with E-state index in [1.54, 1.807) is 0 Å². The zero-order valence-corrected chi connectivity index (χ0v) is 12.3. The zero-order valence-electron chi connectivity index (χ0n) is 11.4. The van der Waals surface area contributed by atoms with E-state index in [0.717, 1.165) is 39.0 Å². The van der Waals surface area contributed by atoms with Crippen LogP contribution in [0.4, 0.5) is 0 Å². The van der Waals surface area contributed by atoms with Crippen molar-refractivity contribution in [2.24, 2.45) is 5.92 Å². The quantitative estimate of drug-likeness (QED) is 0.642. The summed E-state index contributed by atoms with van der Waals surface area (Å²) in [6, 6.07) is 0.00470. The highest BCUT2D eigenvalue weighted by atomic mass is 32.2. The van der Waals surface area contributed by atoms with Crippen molar-refractivity contribution in [3.8, 4) is 0 Å². The third-order valence-electron chi connectivity index (χ3n) is 3.31. The highest BCUT2D eigenvalue weighted by molar-refractivity contribution is 7.89. The summed E-state index contributed by atoms with van der Waals surface area (Å²) in [7, 11) is -3.16. The number of sulfonamides is 1. The van der Waals surface area contributed by atoms with Gasteiger partial charge in [-0.05, 0) is 38.6 Å². The molecule has 5 nitrogen and oxygen atoms in total. The van der Waals surface area contributed by atoms with Crippen molar-refractivity contribution < 1.29 is 13.2 Å². The summed E-state index contributed by atoms with van der Waals surface area (Å²) < 4.78 is 31.8. The molecule has 0 aliphatic carbocycles. The van der Waals surface area contributed by atoms with E-state index in [4.69, 9.17) is 4.74 Å². The summed E-state index contributed by atoms with van der Waals surface area (Å²) in [5, 5.41) is 3.10. The molecule has 0 saturated carbocycles. The number of ether oxygens (including phenoxy) is 1. The molecular weight excluding hydrogens is 252 g/mol. The molecule has 18 heavy (non-hydrogen) atoms. The molecule has 0 aromatic heterocycles. The maximum Gasteiger partial charge on any atom is 0.213 e. The lowest BCUT2D eigenvalue weighted by Crippen LogP contribution is -2.42. The van der Waals surface area contributed by atoms with Gasteiger partial charge >= 0.3 is 0 Å². The largest absolute Gasteiger partial charge is 0.381 e. The fourth-order valence-corrected chi connectivity index (χ4v) is 3.45. The minimum absolute atomic E-state index is 0.00470. The highest BCUT2D eigenvalue weighted by Gasteiger charge is 2.24. The van der Waals surface area contributed by atoms with Crippen LogP contribution < -0.4 is 10.0 Å². The van der Waals surface area contributed by atoms with Crippen molar-refractivity contribution in [3.05, 3.63) is 0 Å². The van der Waals surface area contributed by atoms with Crippen LogP contribution in [0.3, 0.4) is 0 Å². The maximum atomic E-state index is 11.9. The monoisotopic (exact) mass is 278 g/mol. The van der Waals surface area contributed by atoms with Gasteiger partial charge in [-0.3, -0.25) is 0 Å². The minimum atomic E-state index is -3.16. The van der Waals surface area contributed by atoms with Crippen molar-refractivity contribution in [2.45, 2.75) is 39.2 Å². The van der Waals surface area contributed by atoms with E-state index in [2.05, 4.69) is 17.0 Å². The van der Waals surface area contributed by atoms with Crippen LogP contribution in [-0.4, -0.2) is 46.5 Å². The number of hydrogen-bond acceptors (Lipinski definition) is 4. The van der Waals surface area contributed by atoms with Crippen molar-refractivity contribution in [2.75, 3.05) is 32.1 Å². The van der Waals surface area contributed by atoms with Crippen LogP contribution in [0.1, 0.15) is 33.1 Å². The van der Waals surface area contributed by atoms with Gasteiger partial charge in [-0.2, -0.15) is 0 Å². The van der Waals surface area contributed by atoms with E-state index >= 15 is 0 Å². The normalized spacial score (nSPS) is 19.9. The molecule has 0 radical (unpaired) electrons. The zero-order chi connectivity index (χ0) is 13.4. The fourth-order valence-electron chi connectivity index (χ4n) is 2.16. The predicted octanol–water partition coefficient (Wildman–Crippen LogP) is 0.721. The molecule has 1 unspecified atom stereocenters.